The Morgan fingerprint density at radius 1 is 1.12 bits per heavy atom. The maximum absolute atomic E-state index is 12.3. The number of aryl methyl sites for hydroxylation is 1. The van der Waals surface area contributed by atoms with E-state index in [1.54, 1.807) is 11.0 Å². The van der Waals surface area contributed by atoms with Crippen LogP contribution in [-0.4, -0.2) is 20.8 Å². The predicted octanol–water partition coefficient (Wildman–Crippen LogP) is 3.15. The number of hydrogen-bond acceptors (Lipinski definition) is 3. The Balaban J connectivity index is 1.71. The van der Waals surface area contributed by atoms with E-state index in [0.717, 1.165) is 16.8 Å². The molecule has 0 aliphatic heterocycles. The van der Waals surface area contributed by atoms with E-state index < -0.39 is 0 Å². The molecule has 1 atom stereocenters. The standard InChI is InChI=1S/C18H19N5O/c1-14-7-9-16(10-8-14)21-18(24)22-17(11-23-13-19-12-20-23)15-5-3-2-4-6-15/h2-10,12-13,17H,11H2,1H3,(H2,21,22,24)/t17-/m0/s1. The van der Waals surface area contributed by atoms with Crippen molar-refractivity contribution in [1.82, 2.24) is 20.1 Å². The largest absolute Gasteiger partial charge is 0.329 e. The molecule has 0 saturated heterocycles. The fourth-order valence-corrected chi connectivity index (χ4v) is 2.40. The fraction of sp³-hybridized carbons (Fsp3) is 0.167. The summed E-state index contributed by atoms with van der Waals surface area (Å²) in [7, 11) is 0. The number of hydrogen-bond donors (Lipinski definition) is 2. The van der Waals surface area contributed by atoms with E-state index in [-0.39, 0.29) is 12.1 Å². The quantitative estimate of drug-likeness (QED) is 0.758. The van der Waals surface area contributed by atoms with Gasteiger partial charge in [0.1, 0.15) is 12.7 Å². The van der Waals surface area contributed by atoms with Gasteiger partial charge in [-0.1, -0.05) is 48.0 Å². The lowest BCUT2D eigenvalue weighted by Gasteiger charge is -2.19. The number of nitrogens with zero attached hydrogens (tertiary/aromatic N) is 3. The van der Waals surface area contributed by atoms with E-state index in [1.165, 1.54) is 6.33 Å². The number of benzene rings is 2. The van der Waals surface area contributed by atoms with E-state index in [2.05, 4.69) is 20.7 Å². The molecule has 1 heterocycles. The molecule has 2 aromatic carbocycles. The third kappa shape index (κ3) is 4.19. The van der Waals surface area contributed by atoms with E-state index in [4.69, 9.17) is 0 Å². The molecule has 0 radical (unpaired) electrons. The van der Waals surface area contributed by atoms with Gasteiger partial charge in [-0.2, -0.15) is 5.10 Å². The first kappa shape index (κ1) is 15.7. The van der Waals surface area contributed by atoms with Crippen LogP contribution < -0.4 is 10.6 Å². The molecule has 1 aromatic heterocycles. The summed E-state index contributed by atoms with van der Waals surface area (Å²) in [5.74, 6) is 0. The summed E-state index contributed by atoms with van der Waals surface area (Å²) in [6.07, 6.45) is 3.12. The van der Waals surface area contributed by atoms with Crippen molar-refractivity contribution in [1.29, 1.82) is 0 Å². The van der Waals surface area contributed by atoms with Gasteiger partial charge >= 0.3 is 6.03 Å². The van der Waals surface area contributed by atoms with E-state index in [1.807, 2.05) is 61.5 Å². The zero-order valence-electron chi connectivity index (χ0n) is 13.4. The van der Waals surface area contributed by atoms with Crippen LogP contribution in [0.2, 0.25) is 0 Å². The molecule has 0 saturated carbocycles. The van der Waals surface area contributed by atoms with Crippen molar-refractivity contribution >= 4 is 11.7 Å². The lowest BCUT2D eigenvalue weighted by atomic mass is 10.1. The fourth-order valence-electron chi connectivity index (χ4n) is 2.40. The molecule has 0 spiro atoms. The van der Waals surface area contributed by atoms with Crippen LogP contribution in [0.4, 0.5) is 10.5 Å². The molecule has 2 amide bonds. The van der Waals surface area contributed by atoms with Gasteiger partial charge in [0.25, 0.3) is 0 Å². The van der Waals surface area contributed by atoms with Gasteiger partial charge in [-0.05, 0) is 24.6 Å². The van der Waals surface area contributed by atoms with E-state index >= 15 is 0 Å². The molecular weight excluding hydrogens is 302 g/mol. The van der Waals surface area contributed by atoms with Crippen molar-refractivity contribution < 1.29 is 4.79 Å². The van der Waals surface area contributed by atoms with Crippen molar-refractivity contribution in [3.05, 3.63) is 78.4 Å². The molecule has 6 heteroatoms. The van der Waals surface area contributed by atoms with Crippen molar-refractivity contribution in [3.8, 4) is 0 Å². The molecular formula is C18H19N5O. The van der Waals surface area contributed by atoms with Gasteiger partial charge in [-0.25, -0.2) is 9.78 Å². The summed E-state index contributed by atoms with van der Waals surface area (Å²) in [5, 5.41) is 9.97. The molecule has 3 aromatic rings. The lowest BCUT2D eigenvalue weighted by Crippen LogP contribution is -2.35. The summed E-state index contributed by atoms with van der Waals surface area (Å²) in [6.45, 7) is 2.51. The zero-order chi connectivity index (χ0) is 16.8. The van der Waals surface area contributed by atoms with Crippen LogP contribution >= 0.6 is 0 Å². The first-order valence-corrected chi connectivity index (χ1v) is 7.72. The van der Waals surface area contributed by atoms with Gasteiger partial charge in [0, 0.05) is 5.69 Å². The zero-order valence-corrected chi connectivity index (χ0v) is 13.4. The molecule has 6 nitrogen and oxygen atoms in total. The average molecular weight is 321 g/mol. The summed E-state index contributed by atoms with van der Waals surface area (Å²) >= 11 is 0. The minimum absolute atomic E-state index is 0.210. The highest BCUT2D eigenvalue weighted by atomic mass is 16.2. The van der Waals surface area contributed by atoms with E-state index in [9.17, 15) is 4.79 Å². The van der Waals surface area contributed by atoms with Crippen molar-refractivity contribution in [2.24, 2.45) is 0 Å². The Hall–Kier alpha value is -3.15. The van der Waals surface area contributed by atoms with Crippen molar-refractivity contribution in [2.45, 2.75) is 19.5 Å². The maximum Gasteiger partial charge on any atom is 0.319 e. The Morgan fingerprint density at radius 3 is 2.54 bits per heavy atom. The summed E-state index contributed by atoms with van der Waals surface area (Å²) in [4.78, 5) is 16.3. The normalized spacial score (nSPS) is 11.7. The molecule has 0 unspecified atom stereocenters. The third-order valence-electron chi connectivity index (χ3n) is 3.65. The number of aromatic nitrogens is 3. The second-order valence-corrected chi connectivity index (χ2v) is 5.55. The van der Waals surface area contributed by atoms with E-state index in [0.29, 0.717) is 6.54 Å². The lowest BCUT2D eigenvalue weighted by molar-refractivity contribution is 0.246. The minimum Gasteiger partial charge on any atom is -0.329 e. The summed E-state index contributed by atoms with van der Waals surface area (Å²) in [6, 6.07) is 17.0. The van der Waals surface area contributed by atoms with Crippen LogP contribution in [0.15, 0.2) is 67.3 Å². The van der Waals surface area contributed by atoms with Crippen LogP contribution in [0.1, 0.15) is 17.2 Å². The SMILES string of the molecule is Cc1ccc(NC(=O)N[C@@H](Cn2cncn2)c2ccccc2)cc1. The molecule has 24 heavy (non-hydrogen) atoms. The number of amides is 2. The molecule has 122 valence electrons. The van der Waals surface area contributed by atoms with Gasteiger partial charge in [-0.3, -0.25) is 4.68 Å². The first-order valence-electron chi connectivity index (χ1n) is 7.72. The molecule has 0 fully saturated rings. The van der Waals surface area contributed by atoms with Gasteiger partial charge in [0.15, 0.2) is 0 Å². The van der Waals surface area contributed by atoms with Crippen molar-refractivity contribution in [3.63, 3.8) is 0 Å². The predicted molar refractivity (Wildman–Crippen MR) is 92.5 cm³/mol. The minimum atomic E-state index is -0.257. The Labute approximate surface area is 140 Å². The number of anilines is 1. The average Bonchev–Trinajstić information content (AvgIpc) is 3.10. The number of nitrogens with one attached hydrogen (secondary N) is 2. The highest BCUT2D eigenvalue weighted by Gasteiger charge is 2.15. The van der Waals surface area contributed by atoms with Gasteiger partial charge < -0.3 is 10.6 Å². The second kappa shape index (κ2) is 7.41. The monoisotopic (exact) mass is 321 g/mol. The molecule has 0 bridgehead atoms. The Kier molecular flexibility index (Phi) is 4.86. The second-order valence-electron chi connectivity index (χ2n) is 5.55. The molecule has 0 aliphatic carbocycles. The maximum atomic E-state index is 12.3. The van der Waals surface area contributed by atoms with Crippen molar-refractivity contribution in [2.75, 3.05) is 5.32 Å². The molecule has 0 aliphatic rings. The van der Waals surface area contributed by atoms with Crippen LogP contribution in [0.3, 0.4) is 0 Å². The number of carbonyl (C=O) groups is 1. The Bertz CT molecular complexity index is 769. The number of carbonyl (C=O) groups excluding carboxylic acids is 1. The summed E-state index contributed by atoms with van der Waals surface area (Å²) in [5.41, 5.74) is 2.91. The topological polar surface area (TPSA) is 71.8 Å². The van der Waals surface area contributed by atoms with Crippen LogP contribution in [0.5, 0.6) is 0 Å². The van der Waals surface area contributed by atoms with Crippen LogP contribution in [-0.2, 0) is 6.54 Å². The number of rotatable bonds is 5. The van der Waals surface area contributed by atoms with Gasteiger partial charge in [0.05, 0.1) is 12.6 Å². The smallest absolute Gasteiger partial charge is 0.319 e. The highest BCUT2D eigenvalue weighted by Crippen LogP contribution is 2.15. The molecule has 3 rings (SSSR count). The van der Waals surface area contributed by atoms with Crippen LogP contribution in [0, 0.1) is 6.92 Å². The number of urea groups is 1. The first-order chi connectivity index (χ1) is 11.7. The molecule has 2 N–H and O–H groups in total. The van der Waals surface area contributed by atoms with Gasteiger partial charge in [-0.15, -0.1) is 0 Å². The Morgan fingerprint density at radius 2 is 1.88 bits per heavy atom. The van der Waals surface area contributed by atoms with Gasteiger partial charge in [0.2, 0.25) is 0 Å². The van der Waals surface area contributed by atoms with Crippen LogP contribution in [0.25, 0.3) is 0 Å². The third-order valence-corrected chi connectivity index (χ3v) is 3.65. The highest BCUT2D eigenvalue weighted by molar-refractivity contribution is 5.89. The summed E-state index contributed by atoms with van der Waals surface area (Å²) < 4.78 is 1.70.